The molecule has 0 radical (unpaired) electrons. The van der Waals surface area contributed by atoms with Crippen LogP contribution in [0.5, 0.6) is 11.6 Å². The number of amides is 2. The number of piperazine rings is 1. The molecule has 3 aromatic rings. The van der Waals surface area contributed by atoms with Gasteiger partial charge >= 0.3 is 6.09 Å². The fourth-order valence-electron chi connectivity index (χ4n) is 7.37. The van der Waals surface area contributed by atoms with Gasteiger partial charge in [-0.1, -0.05) is 18.2 Å². The van der Waals surface area contributed by atoms with Crippen LogP contribution in [0.4, 0.5) is 19.3 Å². The average molecular weight is 686 g/mol. The second-order valence-corrected chi connectivity index (χ2v) is 13.9. The van der Waals surface area contributed by atoms with Crippen molar-refractivity contribution in [2.24, 2.45) is 0 Å². The number of aromatic nitrogens is 1. The number of fused-ring (bicyclic) bond motifs is 1. The van der Waals surface area contributed by atoms with Crippen LogP contribution in [0.2, 0.25) is 0 Å². The molecule has 48 heavy (non-hydrogen) atoms. The highest BCUT2D eigenvalue weighted by Gasteiger charge is 2.64. The third kappa shape index (κ3) is 5.33. The molecule has 0 saturated carbocycles. The molecular formula is C33H37F2N5O7S. The number of ether oxygens (including phenoxy) is 2. The minimum Gasteiger partial charge on any atom is -0.495 e. The van der Waals surface area contributed by atoms with Gasteiger partial charge in [0, 0.05) is 49.1 Å². The van der Waals surface area contributed by atoms with Gasteiger partial charge in [0.25, 0.3) is 15.9 Å². The zero-order valence-electron chi connectivity index (χ0n) is 26.8. The van der Waals surface area contributed by atoms with Crippen LogP contribution < -0.4 is 13.8 Å². The first-order valence-electron chi connectivity index (χ1n) is 15.7. The molecule has 2 fully saturated rings. The van der Waals surface area contributed by atoms with Crippen molar-refractivity contribution in [2.75, 3.05) is 57.8 Å². The van der Waals surface area contributed by atoms with Crippen LogP contribution in [-0.2, 0) is 20.2 Å². The lowest BCUT2D eigenvalue weighted by molar-refractivity contribution is -0.124. The molecule has 6 rings (SSSR count). The van der Waals surface area contributed by atoms with Gasteiger partial charge in [-0.2, -0.15) is 0 Å². The highest BCUT2D eigenvalue weighted by atomic mass is 32.2. The fourth-order valence-corrected chi connectivity index (χ4v) is 9.00. The third-order valence-corrected chi connectivity index (χ3v) is 11.4. The van der Waals surface area contributed by atoms with E-state index in [1.165, 1.54) is 43.6 Å². The van der Waals surface area contributed by atoms with E-state index in [1.54, 1.807) is 13.0 Å². The van der Waals surface area contributed by atoms with E-state index in [0.717, 1.165) is 36.9 Å². The van der Waals surface area contributed by atoms with E-state index in [4.69, 9.17) is 9.47 Å². The normalized spacial score (nSPS) is 22.5. The molecule has 1 N–H and O–H groups in total. The van der Waals surface area contributed by atoms with Crippen LogP contribution in [-0.4, -0.2) is 111 Å². The minimum absolute atomic E-state index is 0.00609. The Balaban J connectivity index is 1.66. The summed E-state index contributed by atoms with van der Waals surface area (Å²) in [5.74, 6) is -4.00. The van der Waals surface area contributed by atoms with Crippen molar-refractivity contribution in [1.29, 1.82) is 0 Å². The standard InChI is InChI=1S/C33H37F2N5O7S/c1-4-47-30-22(8-7-13-36-30)33(29-20-38(16-17-39(29)32(42)43)21-11-14-37(2)15-12-21)23-18-24(34)25(35)19-26(23)40(31(33)41)48(44,45)28-10-6-5-9-27(28)46-3/h5-10,13,18-19,21,29H,4,11-12,14-17,20H2,1-3H3,(H,42,43). The maximum Gasteiger partial charge on any atom is 0.407 e. The van der Waals surface area contributed by atoms with Crippen molar-refractivity contribution in [3.05, 3.63) is 77.5 Å². The molecule has 0 aliphatic carbocycles. The SMILES string of the molecule is CCOc1ncccc1C1(C2CN(C3CCN(C)CC3)CCN2C(=O)O)C(=O)N(S(=O)(=O)c2ccccc2OC)c2cc(F)c(F)cc21. The Kier molecular flexibility index (Phi) is 9.04. The maximum atomic E-state index is 15.4. The Hall–Kier alpha value is -4.34. The van der Waals surface area contributed by atoms with Crippen LogP contribution in [0.3, 0.4) is 0 Å². The average Bonchev–Trinajstić information content (AvgIpc) is 3.33. The van der Waals surface area contributed by atoms with E-state index in [0.29, 0.717) is 16.9 Å². The van der Waals surface area contributed by atoms with Gasteiger partial charge < -0.3 is 24.4 Å². The summed E-state index contributed by atoms with van der Waals surface area (Å²) in [5, 5.41) is 10.6. The summed E-state index contributed by atoms with van der Waals surface area (Å²) >= 11 is 0. The number of carboxylic acid groups (broad SMARTS) is 1. The number of benzene rings is 2. The molecule has 12 nitrogen and oxygen atoms in total. The lowest BCUT2D eigenvalue weighted by Gasteiger charge is -2.50. The van der Waals surface area contributed by atoms with Gasteiger partial charge in [-0.3, -0.25) is 9.69 Å². The molecule has 0 bridgehead atoms. The third-order valence-electron chi connectivity index (χ3n) is 9.63. The van der Waals surface area contributed by atoms with E-state index in [1.807, 2.05) is 7.05 Å². The highest BCUT2D eigenvalue weighted by molar-refractivity contribution is 7.93. The number of piperidine rings is 1. The summed E-state index contributed by atoms with van der Waals surface area (Å²) in [6.45, 7) is 3.74. The molecule has 2 aromatic carbocycles. The van der Waals surface area contributed by atoms with E-state index >= 15 is 13.6 Å². The van der Waals surface area contributed by atoms with Gasteiger partial charge in [-0.15, -0.1) is 0 Å². The largest absolute Gasteiger partial charge is 0.495 e. The number of halogens is 2. The van der Waals surface area contributed by atoms with Crippen molar-refractivity contribution in [2.45, 2.75) is 42.2 Å². The Morgan fingerprint density at radius 2 is 1.75 bits per heavy atom. The molecule has 2 amide bonds. The molecule has 3 aliphatic heterocycles. The van der Waals surface area contributed by atoms with Crippen molar-refractivity contribution < 1.29 is 41.4 Å². The number of nitrogens with zero attached hydrogens (tertiary/aromatic N) is 5. The molecule has 3 aliphatic rings. The topological polar surface area (TPSA) is 133 Å². The molecule has 1 aromatic heterocycles. The molecule has 2 saturated heterocycles. The number of carbonyl (C=O) groups is 2. The number of rotatable bonds is 8. The first-order valence-corrected chi connectivity index (χ1v) is 17.1. The summed E-state index contributed by atoms with van der Waals surface area (Å²) in [7, 11) is -1.58. The molecule has 15 heteroatoms. The number of carbonyl (C=O) groups excluding carboxylic acids is 1. The zero-order chi connectivity index (χ0) is 34.4. The van der Waals surface area contributed by atoms with Gasteiger partial charge in [-0.05, 0) is 64.2 Å². The number of sulfonamides is 1. The van der Waals surface area contributed by atoms with Gasteiger partial charge in [-0.25, -0.2) is 31.3 Å². The van der Waals surface area contributed by atoms with E-state index in [9.17, 15) is 18.3 Å². The Morgan fingerprint density at radius 1 is 1.04 bits per heavy atom. The van der Waals surface area contributed by atoms with E-state index in [-0.39, 0.29) is 48.5 Å². The van der Waals surface area contributed by atoms with E-state index in [2.05, 4.69) is 14.8 Å². The molecule has 4 heterocycles. The number of para-hydroxylation sites is 1. The monoisotopic (exact) mass is 685 g/mol. The van der Waals surface area contributed by atoms with Gasteiger partial charge in [0.05, 0.1) is 25.4 Å². The van der Waals surface area contributed by atoms with Crippen LogP contribution in [0.15, 0.2) is 59.6 Å². The quantitative estimate of drug-likeness (QED) is 0.376. The van der Waals surface area contributed by atoms with Gasteiger partial charge in [0.15, 0.2) is 11.6 Å². The number of pyridine rings is 1. The van der Waals surface area contributed by atoms with Crippen molar-refractivity contribution in [1.82, 2.24) is 19.7 Å². The Bertz CT molecular complexity index is 1840. The Morgan fingerprint density at radius 3 is 2.44 bits per heavy atom. The first-order chi connectivity index (χ1) is 23.0. The summed E-state index contributed by atoms with van der Waals surface area (Å²) in [5.41, 5.74) is -2.87. The Labute approximate surface area is 277 Å². The predicted molar refractivity (Wildman–Crippen MR) is 171 cm³/mol. The second-order valence-electron chi connectivity index (χ2n) is 12.1. The minimum atomic E-state index is -4.87. The first kappa shape index (κ1) is 33.6. The van der Waals surface area contributed by atoms with Crippen LogP contribution in [0.1, 0.15) is 30.9 Å². The molecule has 256 valence electrons. The number of hydrogen-bond donors (Lipinski definition) is 1. The summed E-state index contributed by atoms with van der Waals surface area (Å²) < 4.78 is 71.4. The van der Waals surface area contributed by atoms with Gasteiger partial charge in [0.1, 0.15) is 16.1 Å². The number of anilines is 1. The maximum absolute atomic E-state index is 15.4. The smallest absolute Gasteiger partial charge is 0.407 e. The highest BCUT2D eigenvalue weighted by Crippen LogP contribution is 2.54. The van der Waals surface area contributed by atoms with Crippen LogP contribution in [0.25, 0.3) is 0 Å². The second kappa shape index (κ2) is 12.9. The molecular weight excluding hydrogens is 648 g/mol. The summed E-state index contributed by atoms with van der Waals surface area (Å²) in [6.07, 6.45) is 1.64. The number of hydrogen-bond acceptors (Lipinski definition) is 9. The summed E-state index contributed by atoms with van der Waals surface area (Å²) in [4.78, 5) is 37.8. The summed E-state index contributed by atoms with van der Waals surface area (Å²) in [6, 6.07) is 8.82. The lowest BCUT2D eigenvalue weighted by atomic mass is 9.68. The molecule has 2 atom stereocenters. The van der Waals surface area contributed by atoms with Crippen molar-refractivity contribution in [3.8, 4) is 11.6 Å². The van der Waals surface area contributed by atoms with Crippen LogP contribution in [0, 0.1) is 11.6 Å². The lowest BCUT2D eigenvalue weighted by Crippen LogP contribution is -2.67. The molecule has 0 spiro atoms. The predicted octanol–water partition coefficient (Wildman–Crippen LogP) is 3.55. The molecule has 2 unspecified atom stereocenters. The van der Waals surface area contributed by atoms with E-state index < -0.39 is 55.7 Å². The zero-order valence-corrected chi connectivity index (χ0v) is 27.6. The van der Waals surface area contributed by atoms with Crippen LogP contribution >= 0.6 is 0 Å². The number of methoxy groups -OCH3 is 1. The van der Waals surface area contributed by atoms with Crippen molar-refractivity contribution in [3.63, 3.8) is 0 Å². The fraction of sp³-hybridized carbons (Fsp3) is 0.424. The van der Waals surface area contributed by atoms with Gasteiger partial charge in [0.2, 0.25) is 5.88 Å². The van der Waals surface area contributed by atoms with Crippen molar-refractivity contribution >= 4 is 27.7 Å². The number of likely N-dealkylation sites (tertiary alicyclic amines) is 1.